The van der Waals surface area contributed by atoms with E-state index in [4.69, 9.17) is 0 Å². The lowest BCUT2D eigenvalue weighted by Crippen LogP contribution is -2.44. The van der Waals surface area contributed by atoms with E-state index in [2.05, 4.69) is 21.6 Å². The van der Waals surface area contributed by atoms with Gasteiger partial charge >= 0.3 is 0 Å². The first kappa shape index (κ1) is 17.8. The Labute approximate surface area is 150 Å². The summed E-state index contributed by atoms with van der Waals surface area (Å²) in [5, 5.41) is 0. The molecule has 0 aromatic heterocycles. The monoisotopic (exact) mass is 359 g/mol. The van der Waals surface area contributed by atoms with Crippen molar-refractivity contribution in [3.63, 3.8) is 0 Å². The molecule has 1 fully saturated rings. The predicted molar refractivity (Wildman–Crippen MR) is 103 cm³/mol. The SMILES string of the molecule is Cc1ccc(S(=O)(=O)Nc2ccccc2N2CCN(C)CC2)cc1C. The maximum absolute atomic E-state index is 12.8. The molecule has 0 atom stereocenters. The highest BCUT2D eigenvalue weighted by Gasteiger charge is 2.20. The Morgan fingerprint density at radius 2 is 1.60 bits per heavy atom. The molecule has 1 aliphatic heterocycles. The van der Waals surface area contributed by atoms with Crippen molar-refractivity contribution in [2.24, 2.45) is 0 Å². The summed E-state index contributed by atoms with van der Waals surface area (Å²) in [6, 6.07) is 12.8. The van der Waals surface area contributed by atoms with E-state index in [0.29, 0.717) is 10.6 Å². The van der Waals surface area contributed by atoms with Gasteiger partial charge < -0.3 is 9.80 Å². The highest BCUT2D eigenvalue weighted by atomic mass is 32.2. The molecule has 25 heavy (non-hydrogen) atoms. The predicted octanol–water partition coefficient (Wildman–Crippen LogP) is 2.86. The number of aryl methyl sites for hydroxylation is 2. The standard InChI is InChI=1S/C19H25N3O2S/c1-15-8-9-17(14-16(15)2)25(23,24)20-18-6-4-5-7-19(18)22-12-10-21(3)11-13-22/h4-9,14,20H,10-13H2,1-3H3. The second kappa shape index (κ2) is 7.06. The number of nitrogens with one attached hydrogen (secondary N) is 1. The lowest BCUT2D eigenvalue weighted by molar-refractivity contribution is 0.313. The topological polar surface area (TPSA) is 52.7 Å². The summed E-state index contributed by atoms with van der Waals surface area (Å²) in [5.41, 5.74) is 3.61. The molecule has 0 radical (unpaired) electrons. The average molecular weight is 359 g/mol. The summed E-state index contributed by atoms with van der Waals surface area (Å²) in [6.45, 7) is 7.61. The minimum atomic E-state index is -3.61. The summed E-state index contributed by atoms with van der Waals surface area (Å²) >= 11 is 0. The zero-order valence-corrected chi connectivity index (χ0v) is 15.8. The molecule has 1 saturated heterocycles. The average Bonchev–Trinajstić information content (AvgIpc) is 2.58. The third kappa shape index (κ3) is 3.96. The summed E-state index contributed by atoms with van der Waals surface area (Å²) in [6.07, 6.45) is 0. The third-order valence-electron chi connectivity index (χ3n) is 4.78. The van der Waals surface area contributed by atoms with Gasteiger partial charge in [0, 0.05) is 26.2 Å². The molecule has 3 rings (SSSR count). The van der Waals surface area contributed by atoms with Gasteiger partial charge in [0.05, 0.1) is 16.3 Å². The molecule has 0 unspecified atom stereocenters. The van der Waals surface area contributed by atoms with Gasteiger partial charge in [-0.2, -0.15) is 0 Å². The summed E-state index contributed by atoms with van der Waals surface area (Å²) in [5.74, 6) is 0. The van der Waals surface area contributed by atoms with Crippen molar-refractivity contribution in [1.82, 2.24) is 4.90 Å². The Morgan fingerprint density at radius 1 is 0.920 bits per heavy atom. The zero-order chi connectivity index (χ0) is 18.0. The number of piperazine rings is 1. The maximum atomic E-state index is 12.8. The van der Waals surface area contributed by atoms with E-state index in [1.165, 1.54) is 0 Å². The van der Waals surface area contributed by atoms with Crippen LogP contribution in [-0.2, 0) is 10.0 Å². The van der Waals surface area contributed by atoms with Gasteiger partial charge in [-0.15, -0.1) is 0 Å². The Morgan fingerprint density at radius 3 is 2.28 bits per heavy atom. The molecule has 0 bridgehead atoms. The van der Waals surface area contributed by atoms with Crippen LogP contribution in [0.2, 0.25) is 0 Å². The van der Waals surface area contributed by atoms with Crippen LogP contribution in [0.3, 0.4) is 0 Å². The van der Waals surface area contributed by atoms with Crippen LogP contribution in [-0.4, -0.2) is 46.5 Å². The lowest BCUT2D eigenvalue weighted by Gasteiger charge is -2.35. The molecule has 0 spiro atoms. The first-order chi connectivity index (χ1) is 11.9. The zero-order valence-electron chi connectivity index (χ0n) is 15.0. The number of benzene rings is 2. The van der Waals surface area contributed by atoms with Crippen molar-refractivity contribution < 1.29 is 8.42 Å². The second-order valence-corrected chi connectivity index (χ2v) is 8.34. The van der Waals surface area contributed by atoms with E-state index in [9.17, 15) is 8.42 Å². The molecule has 1 aliphatic rings. The van der Waals surface area contributed by atoms with E-state index < -0.39 is 10.0 Å². The van der Waals surface area contributed by atoms with Gasteiger partial charge in [-0.1, -0.05) is 18.2 Å². The van der Waals surface area contributed by atoms with Crippen LogP contribution >= 0.6 is 0 Å². The molecule has 0 amide bonds. The van der Waals surface area contributed by atoms with Gasteiger partial charge in [0.1, 0.15) is 0 Å². The van der Waals surface area contributed by atoms with E-state index in [1.807, 2.05) is 44.2 Å². The van der Waals surface area contributed by atoms with Crippen molar-refractivity contribution in [3.05, 3.63) is 53.6 Å². The maximum Gasteiger partial charge on any atom is 0.261 e. The smallest absolute Gasteiger partial charge is 0.261 e. The molecular formula is C19H25N3O2S. The summed E-state index contributed by atoms with van der Waals surface area (Å²) in [7, 11) is -1.51. The van der Waals surface area contributed by atoms with Gasteiger partial charge in [-0.25, -0.2) is 8.42 Å². The van der Waals surface area contributed by atoms with Crippen molar-refractivity contribution >= 4 is 21.4 Å². The molecule has 0 aliphatic carbocycles. The number of nitrogens with zero attached hydrogens (tertiary/aromatic N) is 2. The number of anilines is 2. The van der Waals surface area contributed by atoms with Crippen LogP contribution in [0.1, 0.15) is 11.1 Å². The van der Waals surface area contributed by atoms with E-state index >= 15 is 0 Å². The second-order valence-electron chi connectivity index (χ2n) is 6.66. The molecule has 1 heterocycles. The van der Waals surface area contributed by atoms with Crippen LogP contribution in [0.5, 0.6) is 0 Å². The number of likely N-dealkylation sites (N-methyl/N-ethyl adjacent to an activating group) is 1. The van der Waals surface area contributed by atoms with E-state index in [0.717, 1.165) is 43.0 Å². The Kier molecular flexibility index (Phi) is 5.01. The van der Waals surface area contributed by atoms with E-state index in [-0.39, 0.29) is 0 Å². The Hall–Kier alpha value is -2.05. The summed E-state index contributed by atoms with van der Waals surface area (Å²) < 4.78 is 28.4. The normalized spacial score (nSPS) is 16.0. The minimum absolute atomic E-state index is 0.295. The third-order valence-corrected chi connectivity index (χ3v) is 6.14. The van der Waals surface area contributed by atoms with Gasteiger partial charge in [0.25, 0.3) is 10.0 Å². The first-order valence-electron chi connectivity index (χ1n) is 8.49. The quantitative estimate of drug-likeness (QED) is 0.912. The van der Waals surface area contributed by atoms with Crippen molar-refractivity contribution in [2.75, 3.05) is 42.8 Å². The van der Waals surface area contributed by atoms with Crippen molar-refractivity contribution in [3.8, 4) is 0 Å². The van der Waals surface area contributed by atoms with E-state index in [1.54, 1.807) is 12.1 Å². The number of hydrogen-bond acceptors (Lipinski definition) is 4. The minimum Gasteiger partial charge on any atom is -0.367 e. The van der Waals surface area contributed by atoms with Crippen molar-refractivity contribution in [2.45, 2.75) is 18.7 Å². The largest absolute Gasteiger partial charge is 0.367 e. The van der Waals surface area contributed by atoms with Crippen molar-refractivity contribution in [1.29, 1.82) is 0 Å². The van der Waals surface area contributed by atoms with Crippen LogP contribution in [0.15, 0.2) is 47.4 Å². The fourth-order valence-electron chi connectivity index (χ4n) is 2.97. The molecule has 5 nitrogen and oxygen atoms in total. The lowest BCUT2D eigenvalue weighted by atomic mass is 10.1. The summed E-state index contributed by atoms with van der Waals surface area (Å²) in [4.78, 5) is 4.81. The van der Waals surface area contributed by atoms with Crippen LogP contribution < -0.4 is 9.62 Å². The van der Waals surface area contributed by atoms with Gasteiger partial charge in [0.15, 0.2) is 0 Å². The van der Waals surface area contributed by atoms with Crippen LogP contribution in [0, 0.1) is 13.8 Å². The number of sulfonamides is 1. The molecule has 0 saturated carbocycles. The Balaban J connectivity index is 1.88. The van der Waals surface area contributed by atoms with Crippen LogP contribution in [0.25, 0.3) is 0 Å². The fraction of sp³-hybridized carbons (Fsp3) is 0.368. The first-order valence-corrected chi connectivity index (χ1v) is 9.98. The number of hydrogen-bond donors (Lipinski definition) is 1. The Bertz CT molecular complexity index is 857. The highest BCUT2D eigenvalue weighted by Crippen LogP contribution is 2.29. The van der Waals surface area contributed by atoms with Gasteiger partial charge in [-0.05, 0) is 56.3 Å². The number of para-hydroxylation sites is 2. The fourth-order valence-corrected chi connectivity index (χ4v) is 4.13. The molecule has 1 N–H and O–H groups in total. The number of rotatable bonds is 4. The molecule has 134 valence electrons. The molecule has 6 heteroatoms. The molecule has 2 aromatic rings. The van der Waals surface area contributed by atoms with Gasteiger partial charge in [-0.3, -0.25) is 4.72 Å². The van der Waals surface area contributed by atoms with Gasteiger partial charge in [0.2, 0.25) is 0 Å². The molecule has 2 aromatic carbocycles. The molecular weight excluding hydrogens is 334 g/mol. The highest BCUT2D eigenvalue weighted by molar-refractivity contribution is 7.92. The van der Waals surface area contributed by atoms with Crippen LogP contribution in [0.4, 0.5) is 11.4 Å².